The van der Waals surface area contributed by atoms with Gasteiger partial charge in [-0.15, -0.1) is 0 Å². The van der Waals surface area contributed by atoms with Gasteiger partial charge >= 0.3 is 0 Å². The number of nitrogens with zero attached hydrogens (tertiary/aromatic N) is 2. The van der Waals surface area contributed by atoms with E-state index in [1.54, 1.807) is 12.4 Å². The first kappa shape index (κ1) is 17.1. The summed E-state index contributed by atoms with van der Waals surface area (Å²) in [5.41, 5.74) is 10.2. The van der Waals surface area contributed by atoms with Crippen molar-refractivity contribution in [3.63, 3.8) is 0 Å². The SMILES string of the molecule is CCO/N=C/c1c(-c2ccc(C(C)(C)N)cc2)ccc2cnccc12. The van der Waals surface area contributed by atoms with Crippen molar-refractivity contribution in [2.24, 2.45) is 10.9 Å². The van der Waals surface area contributed by atoms with Crippen molar-refractivity contribution in [3.8, 4) is 11.1 Å². The lowest BCUT2D eigenvalue weighted by Gasteiger charge is -2.19. The molecule has 0 amide bonds. The molecule has 4 heteroatoms. The van der Waals surface area contributed by atoms with E-state index in [9.17, 15) is 0 Å². The van der Waals surface area contributed by atoms with Crippen molar-refractivity contribution in [1.82, 2.24) is 4.98 Å². The monoisotopic (exact) mass is 333 g/mol. The minimum atomic E-state index is -0.354. The van der Waals surface area contributed by atoms with E-state index in [0.717, 1.165) is 33.0 Å². The fourth-order valence-electron chi connectivity index (χ4n) is 2.83. The van der Waals surface area contributed by atoms with Gasteiger partial charge in [-0.3, -0.25) is 4.98 Å². The highest BCUT2D eigenvalue weighted by Gasteiger charge is 2.14. The van der Waals surface area contributed by atoms with Gasteiger partial charge in [0.15, 0.2) is 0 Å². The lowest BCUT2D eigenvalue weighted by molar-refractivity contribution is 0.160. The molecular weight excluding hydrogens is 310 g/mol. The zero-order chi connectivity index (χ0) is 17.9. The van der Waals surface area contributed by atoms with Crippen molar-refractivity contribution in [1.29, 1.82) is 0 Å². The summed E-state index contributed by atoms with van der Waals surface area (Å²) in [4.78, 5) is 9.38. The third-order valence-electron chi connectivity index (χ3n) is 4.19. The van der Waals surface area contributed by atoms with Gasteiger partial charge in [0.25, 0.3) is 0 Å². The number of hydrogen-bond acceptors (Lipinski definition) is 4. The van der Waals surface area contributed by atoms with E-state index in [1.807, 2.05) is 33.0 Å². The Labute approximate surface area is 148 Å². The predicted molar refractivity (Wildman–Crippen MR) is 104 cm³/mol. The van der Waals surface area contributed by atoms with E-state index in [1.165, 1.54) is 0 Å². The highest BCUT2D eigenvalue weighted by Crippen LogP contribution is 2.30. The standard InChI is InChI=1S/C21H23N3O/c1-4-25-24-14-20-18(10-7-16-13-23-12-11-19(16)20)15-5-8-17(9-6-15)21(2,3)22/h5-14H,4,22H2,1-3H3/b24-14+. The van der Waals surface area contributed by atoms with Crippen LogP contribution >= 0.6 is 0 Å². The maximum atomic E-state index is 6.19. The number of hydrogen-bond donors (Lipinski definition) is 1. The fraction of sp³-hybridized carbons (Fsp3) is 0.238. The lowest BCUT2D eigenvalue weighted by atomic mass is 9.91. The number of pyridine rings is 1. The van der Waals surface area contributed by atoms with Gasteiger partial charge in [-0.1, -0.05) is 41.6 Å². The molecule has 1 aromatic heterocycles. The van der Waals surface area contributed by atoms with Crippen LogP contribution in [-0.2, 0) is 10.4 Å². The summed E-state index contributed by atoms with van der Waals surface area (Å²) >= 11 is 0. The molecule has 4 nitrogen and oxygen atoms in total. The number of benzene rings is 2. The Bertz CT molecular complexity index is 893. The lowest BCUT2D eigenvalue weighted by Crippen LogP contribution is -2.28. The van der Waals surface area contributed by atoms with Crippen LogP contribution in [-0.4, -0.2) is 17.8 Å². The number of fused-ring (bicyclic) bond motifs is 1. The fourth-order valence-corrected chi connectivity index (χ4v) is 2.83. The molecule has 1 heterocycles. The predicted octanol–water partition coefficient (Wildman–Crippen LogP) is 4.47. The third kappa shape index (κ3) is 3.69. The smallest absolute Gasteiger partial charge is 0.114 e. The van der Waals surface area contributed by atoms with Gasteiger partial charge in [0.2, 0.25) is 0 Å². The van der Waals surface area contributed by atoms with Crippen molar-refractivity contribution in [2.45, 2.75) is 26.3 Å². The van der Waals surface area contributed by atoms with E-state index in [0.29, 0.717) is 6.61 Å². The zero-order valence-electron chi connectivity index (χ0n) is 14.9. The molecule has 0 radical (unpaired) electrons. The van der Waals surface area contributed by atoms with Crippen LogP contribution in [0, 0.1) is 0 Å². The molecule has 0 unspecified atom stereocenters. The molecular formula is C21H23N3O. The first-order valence-corrected chi connectivity index (χ1v) is 8.42. The second-order valence-electron chi connectivity index (χ2n) is 6.57. The molecule has 3 aromatic rings. The maximum absolute atomic E-state index is 6.19. The number of oxime groups is 1. The maximum Gasteiger partial charge on any atom is 0.114 e. The van der Waals surface area contributed by atoms with Gasteiger partial charge in [-0.05, 0) is 48.9 Å². The Morgan fingerprint density at radius 3 is 2.56 bits per heavy atom. The molecule has 0 aliphatic carbocycles. The molecule has 0 aliphatic rings. The second kappa shape index (κ2) is 7.03. The average Bonchev–Trinajstić information content (AvgIpc) is 2.61. The summed E-state index contributed by atoms with van der Waals surface area (Å²) in [5, 5.41) is 6.26. The van der Waals surface area contributed by atoms with Crippen LogP contribution in [0.25, 0.3) is 21.9 Å². The quantitative estimate of drug-likeness (QED) is 0.554. The number of nitrogens with two attached hydrogens (primary N) is 1. The number of rotatable bonds is 5. The van der Waals surface area contributed by atoms with Gasteiger partial charge in [-0.2, -0.15) is 0 Å². The van der Waals surface area contributed by atoms with Gasteiger partial charge in [0, 0.05) is 28.9 Å². The summed E-state index contributed by atoms with van der Waals surface area (Å²) in [6, 6.07) is 14.5. The molecule has 0 saturated carbocycles. The van der Waals surface area contributed by atoms with Crippen LogP contribution in [0.1, 0.15) is 31.9 Å². The molecule has 0 atom stereocenters. The van der Waals surface area contributed by atoms with Gasteiger partial charge in [-0.25, -0.2) is 0 Å². The highest BCUT2D eigenvalue weighted by molar-refractivity contribution is 6.05. The average molecular weight is 333 g/mol. The largest absolute Gasteiger partial charge is 0.396 e. The highest BCUT2D eigenvalue weighted by atomic mass is 16.6. The van der Waals surface area contributed by atoms with Crippen LogP contribution in [0.5, 0.6) is 0 Å². The Balaban J connectivity index is 2.13. The Kier molecular flexibility index (Phi) is 4.81. The molecule has 0 fully saturated rings. The van der Waals surface area contributed by atoms with Crippen molar-refractivity contribution in [2.75, 3.05) is 6.61 Å². The van der Waals surface area contributed by atoms with Gasteiger partial charge in [0.1, 0.15) is 6.61 Å². The van der Waals surface area contributed by atoms with Gasteiger partial charge in [0.05, 0.1) is 6.21 Å². The Hall–Kier alpha value is -2.72. The molecule has 0 aliphatic heterocycles. The van der Waals surface area contributed by atoms with Crippen LogP contribution < -0.4 is 5.73 Å². The summed E-state index contributed by atoms with van der Waals surface area (Å²) in [6.45, 7) is 6.47. The summed E-state index contributed by atoms with van der Waals surface area (Å²) in [7, 11) is 0. The first-order chi connectivity index (χ1) is 12.0. The summed E-state index contributed by atoms with van der Waals surface area (Å²) in [5.74, 6) is 0. The molecule has 25 heavy (non-hydrogen) atoms. The normalized spacial score (nSPS) is 12.0. The molecule has 0 spiro atoms. The van der Waals surface area contributed by atoms with E-state index >= 15 is 0 Å². The van der Waals surface area contributed by atoms with Crippen molar-refractivity contribution in [3.05, 3.63) is 66.0 Å². The Morgan fingerprint density at radius 1 is 1.12 bits per heavy atom. The minimum absolute atomic E-state index is 0.354. The molecule has 2 N–H and O–H groups in total. The summed E-state index contributed by atoms with van der Waals surface area (Å²) < 4.78 is 0. The molecule has 128 valence electrons. The molecule has 0 bridgehead atoms. The van der Waals surface area contributed by atoms with E-state index in [2.05, 4.69) is 46.5 Å². The first-order valence-electron chi connectivity index (χ1n) is 8.42. The van der Waals surface area contributed by atoms with Crippen LogP contribution in [0.4, 0.5) is 0 Å². The molecule has 2 aromatic carbocycles. The third-order valence-corrected chi connectivity index (χ3v) is 4.19. The molecule has 0 saturated heterocycles. The van der Waals surface area contributed by atoms with E-state index < -0.39 is 0 Å². The molecule has 3 rings (SSSR count). The van der Waals surface area contributed by atoms with Gasteiger partial charge < -0.3 is 10.6 Å². The minimum Gasteiger partial charge on any atom is -0.396 e. The van der Waals surface area contributed by atoms with Crippen LogP contribution in [0.3, 0.4) is 0 Å². The Morgan fingerprint density at radius 2 is 1.88 bits per heavy atom. The van der Waals surface area contributed by atoms with E-state index in [-0.39, 0.29) is 5.54 Å². The van der Waals surface area contributed by atoms with Crippen molar-refractivity contribution >= 4 is 17.0 Å². The zero-order valence-corrected chi connectivity index (χ0v) is 14.9. The van der Waals surface area contributed by atoms with Crippen LogP contribution in [0.15, 0.2) is 60.0 Å². The summed E-state index contributed by atoms with van der Waals surface area (Å²) in [6.07, 6.45) is 5.43. The van der Waals surface area contributed by atoms with Crippen molar-refractivity contribution < 1.29 is 4.84 Å². The second-order valence-corrected chi connectivity index (χ2v) is 6.57. The number of aromatic nitrogens is 1. The topological polar surface area (TPSA) is 60.5 Å². The van der Waals surface area contributed by atoms with Crippen LogP contribution in [0.2, 0.25) is 0 Å². The van der Waals surface area contributed by atoms with E-state index in [4.69, 9.17) is 10.6 Å².